The van der Waals surface area contributed by atoms with E-state index in [0.717, 1.165) is 22.5 Å². The number of rotatable bonds is 5. The summed E-state index contributed by atoms with van der Waals surface area (Å²) in [5, 5.41) is 7.58. The molecule has 0 saturated carbocycles. The molecule has 3 rings (SSSR count). The fourth-order valence-electron chi connectivity index (χ4n) is 2.63. The molecule has 3 aromatic rings. The average Bonchev–Trinajstić information content (AvgIpc) is 2.99. The summed E-state index contributed by atoms with van der Waals surface area (Å²) in [6, 6.07) is 22.2. The van der Waals surface area contributed by atoms with Crippen LogP contribution in [0.4, 0.5) is 0 Å². The van der Waals surface area contributed by atoms with Gasteiger partial charge in [0.25, 0.3) is 0 Å². The van der Waals surface area contributed by atoms with E-state index in [2.05, 4.69) is 10.4 Å². The lowest BCUT2D eigenvalue weighted by molar-refractivity contribution is -0.122. The maximum atomic E-state index is 12.2. The molecule has 0 atom stereocenters. The van der Waals surface area contributed by atoms with Gasteiger partial charge in [0.1, 0.15) is 6.54 Å². The van der Waals surface area contributed by atoms with Gasteiger partial charge < -0.3 is 5.32 Å². The van der Waals surface area contributed by atoms with E-state index in [1.807, 2.05) is 80.6 Å². The normalized spacial score (nSPS) is 10.8. The van der Waals surface area contributed by atoms with E-state index in [-0.39, 0.29) is 18.5 Å². The Kier molecular flexibility index (Phi) is 4.75. The number of benzene rings is 2. The van der Waals surface area contributed by atoms with Crippen LogP contribution in [0.1, 0.15) is 13.8 Å². The van der Waals surface area contributed by atoms with Crippen molar-refractivity contribution in [3.63, 3.8) is 0 Å². The highest BCUT2D eigenvalue weighted by molar-refractivity contribution is 5.77. The molecule has 4 heteroatoms. The molecular formula is C20H21N3O. The molecule has 0 aliphatic rings. The highest BCUT2D eigenvalue weighted by Gasteiger charge is 2.14. The van der Waals surface area contributed by atoms with Crippen LogP contribution in [-0.4, -0.2) is 21.7 Å². The maximum Gasteiger partial charge on any atom is 0.241 e. The van der Waals surface area contributed by atoms with Crippen molar-refractivity contribution in [2.24, 2.45) is 0 Å². The van der Waals surface area contributed by atoms with Crippen LogP contribution in [0, 0.1) is 0 Å². The number of nitrogens with zero attached hydrogens (tertiary/aromatic N) is 2. The molecule has 1 heterocycles. The Morgan fingerprint density at radius 2 is 1.58 bits per heavy atom. The zero-order valence-electron chi connectivity index (χ0n) is 13.9. The van der Waals surface area contributed by atoms with E-state index in [0.29, 0.717) is 0 Å². The van der Waals surface area contributed by atoms with Crippen LogP contribution >= 0.6 is 0 Å². The molecule has 0 unspecified atom stereocenters. The van der Waals surface area contributed by atoms with Gasteiger partial charge in [-0.15, -0.1) is 0 Å². The van der Waals surface area contributed by atoms with E-state index >= 15 is 0 Å². The number of hydrogen-bond donors (Lipinski definition) is 1. The molecule has 0 spiro atoms. The number of hydrogen-bond acceptors (Lipinski definition) is 2. The highest BCUT2D eigenvalue weighted by atomic mass is 16.2. The summed E-state index contributed by atoms with van der Waals surface area (Å²) >= 11 is 0. The molecule has 0 saturated heterocycles. The van der Waals surface area contributed by atoms with Crippen LogP contribution in [0.15, 0.2) is 66.7 Å². The number of nitrogens with one attached hydrogen (secondary N) is 1. The van der Waals surface area contributed by atoms with Gasteiger partial charge in [-0.2, -0.15) is 5.10 Å². The molecule has 0 fully saturated rings. The average molecular weight is 319 g/mol. The Bertz CT molecular complexity index is 807. The third-order valence-corrected chi connectivity index (χ3v) is 3.66. The van der Waals surface area contributed by atoms with Gasteiger partial charge in [0.05, 0.1) is 11.4 Å². The third-order valence-electron chi connectivity index (χ3n) is 3.66. The lowest BCUT2D eigenvalue weighted by Crippen LogP contribution is -2.33. The summed E-state index contributed by atoms with van der Waals surface area (Å²) in [4.78, 5) is 12.2. The summed E-state index contributed by atoms with van der Waals surface area (Å²) in [6.07, 6.45) is 0. The first-order chi connectivity index (χ1) is 11.6. The summed E-state index contributed by atoms with van der Waals surface area (Å²) in [7, 11) is 0. The summed E-state index contributed by atoms with van der Waals surface area (Å²) in [5.74, 6) is -0.0371. The van der Waals surface area contributed by atoms with Crippen molar-refractivity contribution >= 4 is 5.91 Å². The van der Waals surface area contributed by atoms with Crippen molar-refractivity contribution in [2.45, 2.75) is 26.4 Å². The van der Waals surface area contributed by atoms with E-state index < -0.39 is 0 Å². The van der Waals surface area contributed by atoms with Crippen molar-refractivity contribution in [3.05, 3.63) is 66.7 Å². The molecule has 4 nitrogen and oxygen atoms in total. The van der Waals surface area contributed by atoms with Gasteiger partial charge in [0, 0.05) is 11.6 Å². The van der Waals surface area contributed by atoms with Crippen LogP contribution < -0.4 is 5.32 Å². The molecule has 122 valence electrons. The van der Waals surface area contributed by atoms with Crippen LogP contribution in [0.25, 0.3) is 22.5 Å². The quantitative estimate of drug-likeness (QED) is 0.778. The van der Waals surface area contributed by atoms with Crippen molar-refractivity contribution in [1.82, 2.24) is 15.1 Å². The maximum absolute atomic E-state index is 12.2. The molecule has 0 aliphatic carbocycles. The smallest absolute Gasteiger partial charge is 0.241 e. The van der Waals surface area contributed by atoms with Crippen LogP contribution in [0.3, 0.4) is 0 Å². The largest absolute Gasteiger partial charge is 0.352 e. The van der Waals surface area contributed by atoms with Crippen molar-refractivity contribution in [1.29, 1.82) is 0 Å². The minimum atomic E-state index is -0.0371. The molecule has 1 amide bonds. The highest BCUT2D eigenvalue weighted by Crippen LogP contribution is 2.26. The molecule has 2 aromatic carbocycles. The van der Waals surface area contributed by atoms with E-state index in [9.17, 15) is 4.79 Å². The Hall–Kier alpha value is -2.88. The van der Waals surface area contributed by atoms with Gasteiger partial charge in [0.2, 0.25) is 5.91 Å². The molecule has 1 aromatic heterocycles. The summed E-state index contributed by atoms with van der Waals surface area (Å²) in [6.45, 7) is 4.11. The van der Waals surface area contributed by atoms with Crippen molar-refractivity contribution in [2.75, 3.05) is 0 Å². The molecule has 24 heavy (non-hydrogen) atoms. The third kappa shape index (κ3) is 3.71. The predicted octanol–water partition coefficient (Wildman–Crippen LogP) is 3.74. The lowest BCUT2D eigenvalue weighted by Gasteiger charge is -2.10. The van der Waals surface area contributed by atoms with Gasteiger partial charge >= 0.3 is 0 Å². The molecule has 0 radical (unpaired) electrons. The Labute approximate surface area is 142 Å². The summed E-state index contributed by atoms with van der Waals surface area (Å²) in [5.41, 5.74) is 3.89. The molecule has 0 aliphatic heterocycles. The Morgan fingerprint density at radius 1 is 1.00 bits per heavy atom. The fourth-order valence-corrected chi connectivity index (χ4v) is 2.63. The molecule has 1 N–H and O–H groups in total. The molecular weight excluding hydrogens is 298 g/mol. The SMILES string of the molecule is CC(C)NC(=O)Cn1nc(-c2ccccc2)cc1-c1ccccc1. The topological polar surface area (TPSA) is 46.9 Å². The van der Waals surface area contributed by atoms with Crippen LogP contribution in [-0.2, 0) is 11.3 Å². The minimum Gasteiger partial charge on any atom is -0.352 e. The Morgan fingerprint density at radius 3 is 2.17 bits per heavy atom. The Balaban J connectivity index is 1.99. The lowest BCUT2D eigenvalue weighted by atomic mass is 10.1. The molecule has 0 bridgehead atoms. The minimum absolute atomic E-state index is 0.0371. The van der Waals surface area contributed by atoms with Crippen molar-refractivity contribution < 1.29 is 4.79 Å². The predicted molar refractivity (Wildman–Crippen MR) is 96.4 cm³/mol. The van der Waals surface area contributed by atoms with E-state index in [1.54, 1.807) is 4.68 Å². The second-order valence-electron chi connectivity index (χ2n) is 6.03. The van der Waals surface area contributed by atoms with Gasteiger partial charge in [-0.25, -0.2) is 0 Å². The standard InChI is InChI=1S/C20H21N3O/c1-15(2)21-20(24)14-23-19(17-11-7-4-8-12-17)13-18(22-23)16-9-5-3-6-10-16/h3-13,15H,14H2,1-2H3,(H,21,24). The van der Waals surface area contributed by atoms with Crippen LogP contribution in [0.5, 0.6) is 0 Å². The van der Waals surface area contributed by atoms with E-state index in [4.69, 9.17) is 0 Å². The second-order valence-corrected chi connectivity index (χ2v) is 6.03. The zero-order chi connectivity index (χ0) is 16.9. The zero-order valence-corrected chi connectivity index (χ0v) is 13.9. The summed E-state index contributed by atoms with van der Waals surface area (Å²) < 4.78 is 1.77. The van der Waals surface area contributed by atoms with E-state index in [1.165, 1.54) is 0 Å². The first kappa shape index (κ1) is 16.0. The first-order valence-electron chi connectivity index (χ1n) is 8.11. The number of carbonyl (C=O) groups excluding carboxylic acids is 1. The number of amides is 1. The van der Waals surface area contributed by atoms with Gasteiger partial charge in [-0.3, -0.25) is 9.48 Å². The van der Waals surface area contributed by atoms with Gasteiger partial charge in [-0.1, -0.05) is 60.7 Å². The second kappa shape index (κ2) is 7.13. The van der Waals surface area contributed by atoms with Crippen molar-refractivity contribution in [3.8, 4) is 22.5 Å². The van der Waals surface area contributed by atoms with Gasteiger partial charge in [0.15, 0.2) is 0 Å². The van der Waals surface area contributed by atoms with Crippen LogP contribution in [0.2, 0.25) is 0 Å². The number of aromatic nitrogens is 2. The van der Waals surface area contributed by atoms with Gasteiger partial charge in [-0.05, 0) is 25.5 Å². The number of carbonyl (C=O) groups is 1. The fraction of sp³-hybridized carbons (Fsp3) is 0.200. The first-order valence-corrected chi connectivity index (χ1v) is 8.11. The monoisotopic (exact) mass is 319 g/mol.